The monoisotopic (exact) mass is 181 g/mol. The number of H-pyrrole nitrogens is 1. The molecule has 0 spiro atoms. The Hall–Kier alpha value is -1.20. The van der Waals surface area contributed by atoms with Crippen LogP contribution in [0.4, 0.5) is 0 Å². The minimum Gasteiger partial charge on any atom is -0.358 e. The van der Waals surface area contributed by atoms with Crippen molar-refractivity contribution >= 4 is 17.9 Å². The van der Waals surface area contributed by atoms with E-state index in [-0.39, 0.29) is 0 Å². The summed E-state index contributed by atoms with van der Waals surface area (Å²) < 4.78 is 0. The van der Waals surface area contributed by atoms with Crippen molar-refractivity contribution in [2.75, 3.05) is 5.88 Å². The summed E-state index contributed by atoms with van der Waals surface area (Å²) in [5, 5.41) is 0. The van der Waals surface area contributed by atoms with Crippen molar-refractivity contribution in [3.05, 3.63) is 23.5 Å². The van der Waals surface area contributed by atoms with Crippen molar-refractivity contribution in [2.45, 2.75) is 6.42 Å². The molecule has 2 nitrogen and oxygen atoms in total. The minimum absolute atomic E-state index is 0.540. The molecule has 12 heavy (non-hydrogen) atoms. The van der Waals surface area contributed by atoms with Gasteiger partial charge in [0.25, 0.3) is 0 Å². The number of aromatic nitrogens is 1. The van der Waals surface area contributed by atoms with Gasteiger partial charge in [-0.05, 0) is 6.07 Å². The van der Waals surface area contributed by atoms with E-state index in [9.17, 15) is 4.79 Å². The fourth-order valence-corrected chi connectivity index (χ4v) is 0.858. The van der Waals surface area contributed by atoms with E-state index in [1.54, 1.807) is 12.3 Å². The van der Waals surface area contributed by atoms with Gasteiger partial charge in [0, 0.05) is 24.1 Å². The molecule has 0 aliphatic carbocycles. The third-order valence-electron chi connectivity index (χ3n) is 1.28. The number of carbonyl (C=O) groups is 1. The van der Waals surface area contributed by atoms with Crippen molar-refractivity contribution in [1.29, 1.82) is 0 Å². The van der Waals surface area contributed by atoms with Gasteiger partial charge in [-0.25, -0.2) is 0 Å². The predicted octanol–water partition coefficient (Wildman–Crippen LogP) is 1.81. The maximum Gasteiger partial charge on any atom is 0.166 e. The summed E-state index contributed by atoms with van der Waals surface area (Å²) in [6, 6.07) is 1.70. The van der Waals surface area contributed by atoms with E-state index < -0.39 is 0 Å². The molecule has 0 fully saturated rings. The van der Waals surface area contributed by atoms with Crippen molar-refractivity contribution in [3.63, 3.8) is 0 Å². The molecule has 0 radical (unpaired) electrons. The van der Waals surface area contributed by atoms with Gasteiger partial charge in [-0.2, -0.15) is 0 Å². The highest BCUT2D eigenvalue weighted by Crippen LogP contribution is 1.98. The zero-order chi connectivity index (χ0) is 8.81. The second-order valence-electron chi connectivity index (χ2n) is 2.20. The van der Waals surface area contributed by atoms with Crippen molar-refractivity contribution in [3.8, 4) is 11.8 Å². The molecule has 3 heteroatoms. The first kappa shape index (κ1) is 8.89. The molecular formula is C9H8ClNO. The third-order valence-corrected chi connectivity index (χ3v) is 1.47. The molecule has 0 saturated carbocycles. The fourth-order valence-electron chi connectivity index (χ4n) is 0.764. The highest BCUT2D eigenvalue weighted by molar-refractivity contribution is 6.18. The molecule has 1 aromatic heterocycles. The summed E-state index contributed by atoms with van der Waals surface area (Å²) in [6.07, 6.45) is 3.13. The number of alkyl halides is 1. The molecule has 1 heterocycles. The van der Waals surface area contributed by atoms with Crippen LogP contribution in [0.2, 0.25) is 0 Å². The summed E-state index contributed by atoms with van der Waals surface area (Å²) in [5.41, 5.74) is 1.37. The molecule has 0 saturated heterocycles. The third kappa shape index (κ3) is 2.44. The summed E-state index contributed by atoms with van der Waals surface area (Å²) in [7, 11) is 0. The smallest absolute Gasteiger partial charge is 0.166 e. The van der Waals surface area contributed by atoms with Gasteiger partial charge in [-0.1, -0.05) is 11.8 Å². The average Bonchev–Trinajstić information content (AvgIpc) is 2.53. The van der Waals surface area contributed by atoms with E-state index >= 15 is 0 Å². The SMILES string of the molecule is O=Cc1cc(C#CCCCl)c[nH]1. The van der Waals surface area contributed by atoms with Crippen LogP contribution < -0.4 is 0 Å². The van der Waals surface area contributed by atoms with Gasteiger partial charge in [0.2, 0.25) is 0 Å². The highest BCUT2D eigenvalue weighted by Gasteiger charge is 1.92. The minimum atomic E-state index is 0.540. The normalized spacial score (nSPS) is 8.75. The molecule has 0 atom stereocenters. The topological polar surface area (TPSA) is 32.9 Å². The summed E-state index contributed by atoms with van der Waals surface area (Å²) in [6.45, 7) is 0. The Morgan fingerprint density at radius 1 is 1.67 bits per heavy atom. The lowest BCUT2D eigenvalue weighted by molar-refractivity contribution is 0.111. The van der Waals surface area contributed by atoms with Gasteiger partial charge < -0.3 is 4.98 Å². The molecule has 1 aromatic rings. The van der Waals surface area contributed by atoms with E-state index in [0.29, 0.717) is 18.0 Å². The fraction of sp³-hybridized carbons (Fsp3) is 0.222. The van der Waals surface area contributed by atoms with Crippen LogP contribution in [0.5, 0.6) is 0 Å². The van der Waals surface area contributed by atoms with Crippen LogP contribution in [-0.4, -0.2) is 17.2 Å². The number of aldehydes is 1. The Kier molecular flexibility index (Phi) is 3.43. The second kappa shape index (κ2) is 4.63. The van der Waals surface area contributed by atoms with Crippen LogP contribution in [0.25, 0.3) is 0 Å². The molecule has 1 rings (SSSR count). The van der Waals surface area contributed by atoms with Gasteiger partial charge in [0.05, 0.1) is 5.69 Å². The van der Waals surface area contributed by atoms with E-state index in [0.717, 1.165) is 11.8 Å². The van der Waals surface area contributed by atoms with Crippen molar-refractivity contribution < 1.29 is 4.79 Å². The Labute approximate surface area is 75.9 Å². The quantitative estimate of drug-likeness (QED) is 0.421. The van der Waals surface area contributed by atoms with Gasteiger partial charge in [-0.15, -0.1) is 11.6 Å². The molecule has 62 valence electrons. The lowest BCUT2D eigenvalue weighted by Gasteiger charge is -1.76. The Balaban J connectivity index is 2.65. The Morgan fingerprint density at radius 2 is 2.50 bits per heavy atom. The highest BCUT2D eigenvalue weighted by atomic mass is 35.5. The summed E-state index contributed by atoms with van der Waals surface area (Å²) in [4.78, 5) is 13.0. The molecule has 0 bridgehead atoms. The first-order chi connectivity index (χ1) is 5.86. The largest absolute Gasteiger partial charge is 0.358 e. The zero-order valence-electron chi connectivity index (χ0n) is 6.43. The molecule has 0 amide bonds. The van der Waals surface area contributed by atoms with Crippen LogP contribution in [-0.2, 0) is 0 Å². The summed E-state index contributed by atoms with van der Waals surface area (Å²) >= 11 is 5.43. The van der Waals surface area contributed by atoms with E-state index in [1.807, 2.05) is 0 Å². The van der Waals surface area contributed by atoms with Gasteiger partial charge in [0.1, 0.15) is 0 Å². The first-order valence-electron chi connectivity index (χ1n) is 3.55. The molecule has 0 aromatic carbocycles. The number of aromatic amines is 1. The molecule has 0 unspecified atom stereocenters. The second-order valence-corrected chi connectivity index (χ2v) is 2.58. The molecule has 0 aliphatic rings. The van der Waals surface area contributed by atoms with Crippen LogP contribution in [0, 0.1) is 11.8 Å². The number of hydrogen-bond acceptors (Lipinski definition) is 1. The van der Waals surface area contributed by atoms with E-state index in [2.05, 4.69) is 16.8 Å². The lowest BCUT2D eigenvalue weighted by Crippen LogP contribution is -1.73. The van der Waals surface area contributed by atoms with Crippen molar-refractivity contribution in [1.82, 2.24) is 4.98 Å². The number of nitrogens with one attached hydrogen (secondary N) is 1. The van der Waals surface area contributed by atoms with Crippen LogP contribution in [0.15, 0.2) is 12.3 Å². The Morgan fingerprint density at radius 3 is 3.08 bits per heavy atom. The average molecular weight is 182 g/mol. The Bertz CT molecular complexity index is 319. The predicted molar refractivity (Wildman–Crippen MR) is 48.4 cm³/mol. The lowest BCUT2D eigenvalue weighted by atomic mass is 10.3. The maximum atomic E-state index is 10.2. The molecular weight excluding hydrogens is 174 g/mol. The van der Waals surface area contributed by atoms with Crippen LogP contribution >= 0.6 is 11.6 Å². The van der Waals surface area contributed by atoms with Crippen LogP contribution in [0.3, 0.4) is 0 Å². The summed E-state index contributed by atoms with van der Waals surface area (Å²) in [5.74, 6) is 6.29. The number of hydrogen-bond donors (Lipinski definition) is 1. The zero-order valence-corrected chi connectivity index (χ0v) is 7.19. The molecule has 1 N–H and O–H groups in total. The van der Waals surface area contributed by atoms with Gasteiger partial charge >= 0.3 is 0 Å². The van der Waals surface area contributed by atoms with Gasteiger partial charge in [-0.3, -0.25) is 4.79 Å². The standard InChI is InChI=1S/C9H8ClNO/c10-4-2-1-3-8-5-9(7-12)11-6-8/h5-7,11H,2,4H2. The van der Waals surface area contributed by atoms with Crippen LogP contribution in [0.1, 0.15) is 22.5 Å². The van der Waals surface area contributed by atoms with Crippen molar-refractivity contribution in [2.24, 2.45) is 0 Å². The number of carbonyl (C=O) groups excluding carboxylic acids is 1. The number of rotatable bonds is 2. The first-order valence-corrected chi connectivity index (χ1v) is 4.08. The van der Waals surface area contributed by atoms with E-state index in [1.165, 1.54) is 0 Å². The molecule has 0 aliphatic heterocycles. The maximum absolute atomic E-state index is 10.2. The number of halogens is 1. The van der Waals surface area contributed by atoms with Gasteiger partial charge in [0.15, 0.2) is 6.29 Å². The van der Waals surface area contributed by atoms with E-state index in [4.69, 9.17) is 11.6 Å².